The number of phenolic OH excluding ortho intramolecular Hbond substituents is 1. The van der Waals surface area contributed by atoms with E-state index >= 15 is 0 Å². The van der Waals surface area contributed by atoms with Gasteiger partial charge in [-0.15, -0.1) is 0 Å². The minimum atomic E-state index is -0.572. The van der Waals surface area contributed by atoms with Crippen molar-refractivity contribution in [2.75, 3.05) is 13.2 Å². The minimum absolute atomic E-state index is 0.260. The first-order valence-corrected chi connectivity index (χ1v) is 5.05. The molecule has 3 nitrogen and oxygen atoms in total. The molecule has 0 bridgehead atoms. The summed E-state index contributed by atoms with van der Waals surface area (Å²) in [5, 5.41) is 12.6. The van der Waals surface area contributed by atoms with Crippen LogP contribution in [-0.2, 0) is 11.3 Å². The summed E-state index contributed by atoms with van der Waals surface area (Å²) in [6, 6.07) is 4.86. The molecule has 0 radical (unpaired) electrons. The highest BCUT2D eigenvalue weighted by atomic mass is 19.1. The highest BCUT2D eigenvalue weighted by molar-refractivity contribution is 5.33. The number of aromatic hydroxyl groups is 1. The molecule has 1 heterocycles. The number of hydrogen-bond donors (Lipinski definition) is 2. The van der Waals surface area contributed by atoms with Crippen LogP contribution in [0.1, 0.15) is 12.0 Å². The second kappa shape index (κ2) is 4.59. The molecular formula is C11H14FNO2. The van der Waals surface area contributed by atoms with Gasteiger partial charge in [-0.05, 0) is 12.5 Å². The molecule has 4 heteroatoms. The summed E-state index contributed by atoms with van der Waals surface area (Å²) in [5.41, 5.74) is 0.585. The number of benzene rings is 1. The van der Waals surface area contributed by atoms with E-state index in [0.29, 0.717) is 24.8 Å². The predicted octanol–water partition coefficient (Wildman–Crippen LogP) is 1.41. The lowest BCUT2D eigenvalue weighted by molar-refractivity contribution is 0.189. The second-order valence-corrected chi connectivity index (χ2v) is 3.69. The standard InChI is InChI=1S/C11H14FNO2/c12-10-3-1-2-8(11(10)14)6-13-9-4-5-15-7-9/h1-3,9,13-14H,4-7H2. The number of halogens is 1. The molecule has 0 aliphatic carbocycles. The van der Waals surface area contributed by atoms with Crippen LogP contribution in [0.3, 0.4) is 0 Å². The van der Waals surface area contributed by atoms with Gasteiger partial charge in [0, 0.05) is 24.8 Å². The summed E-state index contributed by atoms with van der Waals surface area (Å²) < 4.78 is 18.2. The van der Waals surface area contributed by atoms with Crippen molar-refractivity contribution < 1.29 is 14.2 Å². The van der Waals surface area contributed by atoms with E-state index < -0.39 is 5.82 Å². The molecule has 1 aromatic carbocycles. The fourth-order valence-electron chi connectivity index (χ4n) is 1.65. The summed E-state index contributed by atoms with van der Waals surface area (Å²) in [5.74, 6) is -0.833. The number of phenols is 1. The van der Waals surface area contributed by atoms with E-state index in [1.54, 1.807) is 12.1 Å². The number of hydrogen-bond acceptors (Lipinski definition) is 3. The molecule has 0 spiro atoms. The summed E-state index contributed by atoms with van der Waals surface area (Å²) >= 11 is 0. The van der Waals surface area contributed by atoms with E-state index in [1.165, 1.54) is 6.07 Å². The largest absolute Gasteiger partial charge is 0.505 e. The average molecular weight is 211 g/mol. The average Bonchev–Trinajstić information content (AvgIpc) is 2.73. The Labute approximate surface area is 87.9 Å². The fraction of sp³-hybridized carbons (Fsp3) is 0.455. The molecule has 1 aliphatic rings. The van der Waals surface area contributed by atoms with Crippen LogP contribution >= 0.6 is 0 Å². The van der Waals surface area contributed by atoms with E-state index in [0.717, 1.165) is 13.0 Å². The lowest BCUT2D eigenvalue weighted by Gasteiger charge is -2.11. The van der Waals surface area contributed by atoms with Crippen molar-refractivity contribution in [2.45, 2.75) is 19.0 Å². The van der Waals surface area contributed by atoms with Gasteiger partial charge in [-0.2, -0.15) is 0 Å². The molecule has 1 aromatic rings. The molecule has 1 fully saturated rings. The fourth-order valence-corrected chi connectivity index (χ4v) is 1.65. The third kappa shape index (κ3) is 2.46. The van der Waals surface area contributed by atoms with Gasteiger partial charge in [0.25, 0.3) is 0 Å². The first-order chi connectivity index (χ1) is 7.27. The Bertz CT molecular complexity index is 337. The van der Waals surface area contributed by atoms with Gasteiger partial charge in [-0.3, -0.25) is 0 Å². The summed E-state index contributed by atoms with van der Waals surface area (Å²) in [4.78, 5) is 0. The number of para-hydroxylation sites is 1. The molecule has 0 amide bonds. The third-order valence-electron chi connectivity index (χ3n) is 2.58. The van der Waals surface area contributed by atoms with Crippen LogP contribution in [0.15, 0.2) is 18.2 Å². The van der Waals surface area contributed by atoms with Gasteiger partial charge in [0.2, 0.25) is 0 Å². The van der Waals surface area contributed by atoms with Crippen LogP contribution in [-0.4, -0.2) is 24.4 Å². The Morgan fingerprint density at radius 1 is 1.53 bits per heavy atom. The van der Waals surface area contributed by atoms with Crippen molar-refractivity contribution in [3.8, 4) is 5.75 Å². The van der Waals surface area contributed by atoms with Crippen LogP contribution in [0.25, 0.3) is 0 Å². The van der Waals surface area contributed by atoms with E-state index in [4.69, 9.17) is 4.74 Å². The minimum Gasteiger partial charge on any atom is -0.505 e. The SMILES string of the molecule is Oc1c(F)cccc1CNC1CCOC1. The Morgan fingerprint density at radius 3 is 3.13 bits per heavy atom. The Kier molecular flexibility index (Phi) is 3.18. The first kappa shape index (κ1) is 10.4. The van der Waals surface area contributed by atoms with Gasteiger partial charge < -0.3 is 15.2 Å². The first-order valence-electron chi connectivity index (χ1n) is 5.05. The molecule has 15 heavy (non-hydrogen) atoms. The van der Waals surface area contributed by atoms with Crippen molar-refractivity contribution in [3.63, 3.8) is 0 Å². The number of ether oxygens (including phenoxy) is 1. The monoisotopic (exact) mass is 211 g/mol. The lowest BCUT2D eigenvalue weighted by atomic mass is 10.1. The Hall–Kier alpha value is -1.13. The van der Waals surface area contributed by atoms with E-state index in [9.17, 15) is 9.50 Å². The van der Waals surface area contributed by atoms with Crippen LogP contribution in [0.2, 0.25) is 0 Å². The van der Waals surface area contributed by atoms with Gasteiger partial charge in [0.1, 0.15) is 0 Å². The van der Waals surface area contributed by atoms with Gasteiger partial charge >= 0.3 is 0 Å². The van der Waals surface area contributed by atoms with Gasteiger partial charge in [-0.25, -0.2) is 4.39 Å². The molecule has 1 saturated heterocycles. The molecule has 1 atom stereocenters. The molecular weight excluding hydrogens is 197 g/mol. The Morgan fingerprint density at radius 2 is 2.40 bits per heavy atom. The highest BCUT2D eigenvalue weighted by Gasteiger charge is 2.15. The van der Waals surface area contributed by atoms with Gasteiger partial charge in [-0.1, -0.05) is 12.1 Å². The normalized spacial score (nSPS) is 20.7. The van der Waals surface area contributed by atoms with Crippen molar-refractivity contribution >= 4 is 0 Å². The van der Waals surface area contributed by atoms with E-state index in [-0.39, 0.29) is 5.75 Å². The van der Waals surface area contributed by atoms with Gasteiger partial charge in [0.15, 0.2) is 11.6 Å². The molecule has 0 saturated carbocycles. The van der Waals surface area contributed by atoms with Crippen LogP contribution in [0.4, 0.5) is 4.39 Å². The third-order valence-corrected chi connectivity index (χ3v) is 2.58. The van der Waals surface area contributed by atoms with Crippen molar-refractivity contribution in [1.82, 2.24) is 5.32 Å². The molecule has 1 unspecified atom stereocenters. The van der Waals surface area contributed by atoms with Crippen molar-refractivity contribution in [2.24, 2.45) is 0 Å². The number of nitrogens with one attached hydrogen (secondary N) is 1. The quantitative estimate of drug-likeness (QED) is 0.794. The van der Waals surface area contributed by atoms with Crippen LogP contribution in [0.5, 0.6) is 5.75 Å². The summed E-state index contributed by atoms with van der Waals surface area (Å²) in [6.45, 7) is 1.93. The maximum atomic E-state index is 13.0. The van der Waals surface area contributed by atoms with Crippen molar-refractivity contribution in [3.05, 3.63) is 29.6 Å². The second-order valence-electron chi connectivity index (χ2n) is 3.69. The summed E-state index contributed by atoms with van der Waals surface area (Å²) in [7, 11) is 0. The smallest absolute Gasteiger partial charge is 0.165 e. The molecule has 82 valence electrons. The molecule has 0 aromatic heterocycles. The maximum Gasteiger partial charge on any atom is 0.165 e. The topological polar surface area (TPSA) is 41.5 Å². The lowest BCUT2D eigenvalue weighted by Crippen LogP contribution is -2.28. The van der Waals surface area contributed by atoms with Crippen LogP contribution in [0, 0.1) is 5.82 Å². The zero-order chi connectivity index (χ0) is 10.7. The van der Waals surface area contributed by atoms with E-state index in [2.05, 4.69) is 5.32 Å². The number of rotatable bonds is 3. The predicted molar refractivity (Wildman–Crippen MR) is 54.1 cm³/mol. The van der Waals surface area contributed by atoms with Gasteiger partial charge in [0.05, 0.1) is 6.61 Å². The highest BCUT2D eigenvalue weighted by Crippen LogP contribution is 2.20. The molecule has 1 aliphatic heterocycles. The van der Waals surface area contributed by atoms with Crippen LogP contribution < -0.4 is 5.32 Å². The Balaban J connectivity index is 1.95. The maximum absolute atomic E-state index is 13.0. The van der Waals surface area contributed by atoms with E-state index in [1.807, 2.05) is 0 Å². The zero-order valence-electron chi connectivity index (χ0n) is 8.37. The zero-order valence-corrected chi connectivity index (χ0v) is 8.37. The molecule has 2 N–H and O–H groups in total. The summed E-state index contributed by atoms with van der Waals surface area (Å²) in [6.07, 6.45) is 0.968. The molecule has 2 rings (SSSR count). The van der Waals surface area contributed by atoms with Crippen molar-refractivity contribution in [1.29, 1.82) is 0 Å².